The fourth-order valence-electron chi connectivity index (χ4n) is 0.900. The molecule has 2 nitrogen and oxygen atoms in total. The zero-order valence-electron chi connectivity index (χ0n) is 8.27. The predicted octanol–water partition coefficient (Wildman–Crippen LogP) is 2.70. The van der Waals surface area contributed by atoms with Crippen molar-refractivity contribution >= 4 is 11.6 Å². The third-order valence-corrected chi connectivity index (χ3v) is 1.82. The number of hydrogen-bond acceptors (Lipinski definition) is 1. The van der Waals surface area contributed by atoms with Gasteiger partial charge >= 0.3 is 0 Å². The molecule has 0 aliphatic carbocycles. The average molecular weight is 217 g/mol. The van der Waals surface area contributed by atoms with Crippen LogP contribution in [0, 0.1) is 23.4 Å². The van der Waals surface area contributed by atoms with Crippen molar-refractivity contribution in [1.82, 2.24) is 0 Å². The zero-order chi connectivity index (χ0) is 11.6. The second-order valence-electron chi connectivity index (χ2n) is 3.37. The van der Waals surface area contributed by atoms with Crippen LogP contribution in [0.1, 0.15) is 13.8 Å². The number of carbonyl (C=O) groups excluding carboxylic acids is 1. The smallest absolute Gasteiger partial charge is 0.227 e. The van der Waals surface area contributed by atoms with Crippen LogP contribution in [0.2, 0.25) is 0 Å². The molecule has 0 heterocycles. The monoisotopic (exact) mass is 217 g/mol. The Morgan fingerprint density at radius 3 is 2.33 bits per heavy atom. The maximum absolute atomic E-state index is 13.1. The Bertz CT molecular complexity index is 390. The molecule has 0 radical (unpaired) electrons. The molecule has 0 fully saturated rings. The summed E-state index contributed by atoms with van der Waals surface area (Å²) in [5.41, 5.74) is -0.354. The molecule has 0 saturated carbocycles. The molecule has 0 aromatic heterocycles. The standard InChI is InChI=1S/C10H10F3NO/c1-5(2)10(15)14-7-4-3-6(11)8(12)9(7)13/h3-5H,1-2H3,(H,14,15). The van der Waals surface area contributed by atoms with E-state index in [0.717, 1.165) is 12.1 Å². The lowest BCUT2D eigenvalue weighted by molar-refractivity contribution is -0.118. The van der Waals surface area contributed by atoms with Gasteiger partial charge in [-0.1, -0.05) is 13.8 Å². The molecule has 1 aromatic rings. The summed E-state index contributed by atoms with van der Waals surface area (Å²) in [6.45, 7) is 3.21. The molecule has 0 spiro atoms. The second kappa shape index (κ2) is 4.33. The van der Waals surface area contributed by atoms with E-state index in [4.69, 9.17) is 0 Å². The van der Waals surface area contributed by atoms with Crippen molar-refractivity contribution in [2.24, 2.45) is 5.92 Å². The third-order valence-electron chi connectivity index (χ3n) is 1.82. The van der Waals surface area contributed by atoms with E-state index in [-0.39, 0.29) is 11.6 Å². The van der Waals surface area contributed by atoms with Gasteiger partial charge in [0.25, 0.3) is 0 Å². The highest BCUT2D eigenvalue weighted by atomic mass is 19.2. The normalized spacial score (nSPS) is 10.5. The van der Waals surface area contributed by atoms with Crippen molar-refractivity contribution in [3.05, 3.63) is 29.6 Å². The number of benzene rings is 1. The molecule has 0 bridgehead atoms. The largest absolute Gasteiger partial charge is 0.323 e. The van der Waals surface area contributed by atoms with Gasteiger partial charge in [0.05, 0.1) is 5.69 Å². The van der Waals surface area contributed by atoms with Crippen LogP contribution in [0.15, 0.2) is 12.1 Å². The molecule has 0 saturated heterocycles. The fourth-order valence-corrected chi connectivity index (χ4v) is 0.900. The van der Waals surface area contributed by atoms with Crippen molar-refractivity contribution in [2.75, 3.05) is 5.32 Å². The van der Waals surface area contributed by atoms with Crippen LogP contribution in [0.3, 0.4) is 0 Å². The highest BCUT2D eigenvalue weighted by Gasteiger charge is 2.16. The number of hydrogen-bond donors (Lipinski definition) is 1. The minimum Gasteiger partial charge on any atom is -0.323 e. The first-order valence-corrected chi connectivity index (χ1v) is 4.38. The van der Waals surface area contributed by atoms with Gasteiger partial charge in [0.1, 0.15) is 0 Å². The molecule has 0 unspecified atom stereocenters. The molecule has 1 rings (SSSR count). The summed E-state index contributed by atoms with van der Waals surface area (Å²) in [4.78, 5) is 11.2. The maximum atomic E-state index is 13.1. The molecule has 5 heteroatoms. The summed E-state index contributed by atoms with van der Waals surface area (Å²) < 4.78 is 38.3. The van der Waals surface area contributed by atoms with E-state index >= 15 is 0 Å². The van der Waals surface area contributed by atoms with Crippen LogP contribution >= 0.6 is 0 Å². The SMILES string of the molecule is CC(C)C(=O)Nc1ccc(F)c(F)c1F. The van der Waals surface area contributed by atoms with Crippen molar-refractivity contribution < 1.29 is 18.0 Å². The number of halogens is 3. The van der Waals surface area contributed by atoms with Crippen LogP contribution in [-0.4, -0.2) is 5.91 Å². The minimum atomic E-state index is -1.59. The van der Waals surface area contributed by atoms with Crippen LogP contribution in [0.25, 0.3) is 0 Å². The van der Waals surface area contributed by atoms with Crippen LogP contribution < -0.4 is 5.32 Å². The Morgan fingerprint density at radius 2 is 1.80 bits per heavy atom. The number of carbonyl (C=O) groups is 1. The summed E-state index contributed by atoms with van der Waals surface area (Å²) >= 11 is 0. The Balaban J connectivity index is 2.97. The predicted molar refractivity (Wildman–Crippen MR) is 49.8 cm³/mol. The molecule has 1 amide bonds. The molecule has 0 aliphatic rings. The Morgan fingerprint density at radius 1 is 1.20 bits per heavy atom. The third kappa shape index (κ3) is 2.49. The van der Waals surface area contributed by atoms with Crippen molar-refractivity contribution in [2.45, 2.75) is 13.8 Å². The lowest BCUT2D eigenvalue weighted by Crippen LogP contribution is -2.19. The van der Waals surface area contributed by atoms with E-state index in [2.05, 4.69) is 5.32 Å². The minimum absolute atomic E-state index is 0.354. The quantitative estimate of drug-likeness (QED) is 0.758. The Hall–Kier alpha value is -1.52. The first-order valence-electron chi connectivity index (χ1n) is 4.38. The van der Waals surface area contributed by atoms with E-state index in [9.17, 15) is 18.0 Å². The molecule has 82 valence electrons. The molecular formula is C10H10F3NO. The second-order valence-corrected chi connectivity index (χ2v) is 3.37. The van der Waals surface area contributed by atoms with Gasteiger partial charge in [-0.25, -0.2) is 13.2 Å². The van der Waals surface area contributed by atoms with E-state index in [0.29, 0.717) is 0 Å². The summed E-state index contributed by atoms with van der Waals surface area (Å²) in [5, 5.41) is 2.16. The topological polar surface area (TPSA) is 29.1 Å². The zero-order valence-corrected chi connectivity index (χ0v) is 8.27. The van der Waals surface area contributed by atoms with Crippen LogP contribution in [0.4, 0.5) is 18.9 Å². The highest BCUT2D eigenvalue weighted by Crippen LogP contribution is 2.19. The van der Waals surface area contributed by atoms with Gasteiger partial charge in [-0.15, -0.1) is 0 Å². The average Bonchev–Trinajstić information content (AvgIpc) is 2.18. The summed E-state index contributed by atoms with van der Waals surface area (Å²) in [7, 11) is 0. The van der Waals surface area contributed by atoms with Gasteiger partial charge in [-0.05, 0) is 12.1 Å². The molecule has 0 aliphatic heterocycles. The lowest BCUT2D eigenvalue weighted by Gasteiger charge is -2.08. The molecule has 1 N–H and O–H groups in total. The molecular weight excluding hydrogens is 207 g/mol. The van der Waals surface area contributed by atoms with Gasteiger partial charge in [-0.3, -0.25) is 4.79 Å². The van der Waals surface area contributed by atoms with Gasteiger partial charge in [-0.2, -0.15) is 0 Å². The number of rotatable bonds is 2. The molecule has 0 atom stereocenters. The Kier molecular flexibility index (Phi) is 3.34. The van der Waals surface area contributed by atoms with Gasteiger partial charge in [0.2, 0.25) is 5.91 Å². The first-order chi connectivity index (χ1) is 6.93. The number of anilines is 1. The van der Waals surface area contributed by atoms with Crippen LogP contribution in [0.5, 0.6) is 0 Å². The first kappa shape index (κ1) is 11.6. The van der Waals surface area contributed by atoms with E-state index in [1.54, 1.807) is 13.8 Å². The van der Waals surface area contributed by atoms with E-state index in [1.807, 2.05) is 0 Å². The van der Waals surface area contributed by atoms with Crippen molar-refractivity contribution in [3.8, 4) is 0 Å². The maximum Gasteiger partial charge on any atom is 0.227 e. The van der Waals surface area contributed by atoms with E-state index in [1.165, 1.54) is 0 Å². The lowest BCUT2D eigenvalue weighted by atomic mass is 10.2. The molecule has 1 aromatic carbocycles. The highest BCUT2D eigenvalue weighted by molar-refractivity contribution is 5.92. The van der Waals surface area contributed by atoms with Gasteiger partial charge in [0.15, 0.2) is 17.5 Å². The summed E-state index contributed by atoms with van der Waals surface area (Å²) in [6, 6.07) is 1.74. The summed E-state index contributed by atoms with van der Waals surface area (Å²) in [6.07, 6.45) is 0. The fraction of sp³-hybridized carbons (Fsp3) is 0.300. The summed E-state index contributed by atoms with van der Waals surface area (Å²) in [5.74, 6) is -5.08. The van der Waals surface area contributed by atoms with Crippen molar-refractivity contribution in [3.63, 3.8) is 0 Å². The Labute approximate surface area is 85.1 Å². The van der Waals surface area contributed by atoms with Crippen LogP contribution in [-0.2, 0) is 4.79 Å². The van der Waals surface area contributed by atoms with Gasteiger partial charge < -0.3 is 5.32 Å². The van der Waals surface area contributed by atoms with E-state index < -0.39 is 23.4 Å². The van der Waals surface area contributed by atoms with Crippen molar-refractivity contribution in [1.29, 1.82) is 0 Å². The number of amides is 1. The molecule has 15 heavy (non-hydrogen) atoms. The van der Waals surface area contributed by atoms with Gasteiger partial charge in [0, 0.05) is 5.92 Å². The number of nitrogens with one attached hydrogen (secondary N) is 1.